The van der Waals surface area contributed by atoms with Crippen LogP contribution in [0.5, 0.6) is 0 Å². The summed E-state index contributed by atoms with van der Waals surface area (Å²) >= 11 is 0. The molecule has 3 rings (SSSR count). The van der Waals surface area contributed by atoms with Gasteiger partial charge in [0.25, 0.3) is 0 Å². The summed E-state index contributed by atoms with van der Waals surface area (Å²) in [6, 6.07) is 8.33. The van der Waals surface area contributed by atoms with Crippen LogP contribution in [0.1, 0.15) is 18.9 Å². The summed E-state index contributed by atoms with van der Waals surface area (Å²) < 4.78 is 0. The lowest BCUT2D eigenvalue weighted by atomic mass is 10.2. The van der Waals surface area contributed by atoms with Crippen molar-refractivity contribution in [3.63, 3.8) is 0 Å². The molecule has 6 heteroatoms. The van der Waals surface area contributed by atoms with E-state index in [4.69, 9.17) is 0 Å². The highest BCUT2D eigenvalue weighted by molar-refractivity contribution is 5.82. The van der Waals surface area contributed by atoms with Crippen molar-refractivity contribution in [2.45, 2.75) is 19.8 Å². The molecule has 136 valence electrons. The topological polar surface area (TPSA) is 55.9 Å². The molecule has 1 saturated heterocycles. The van der Waals surface area contributed by atoms with Crippen LogP contribution in [0.2, 0.25) is 0 Å². The zero-order chi connectivity index (χ0) is 17.6. The van der Waals surface area contributed by atoms with Gasteiger partial charge in [-0.2, -0.15) is 0 Å². The summed E-state index contributed by atoms with van der Waals surface area (Å²) in [7, 11) is 0. The molecule has 2 amide bonds. The smallest absolute Gasteiger partial charge is 0.242 e. The standard InChI is InChI=1S/C19H28N4O2/c1-2-8-20-18(24)14-21-10-12-22(13-11-21)19(25)15-23-9-7-16-5-3-4-6-17(16)23/h3-6H,2,7-15H2,1H3,(H,20,24). The van der Waals surface area contributed by atoms with Crippen LogP contribution in [0, 0.1) is 0 Å². The molecular formula is C19H28N4O2. The number of benzene rings is 1. The molecule has 0 atom stereocenters. The van der Waals surface area contributed by atoms with E-state index in [2.05, 4.69) is 33.3 Å². The zero-order valence-corrected chi connectivity index (χ0v) is 15.0. The molecule has 0 saturated carbocycles. The number of hydrogen-bond acceptors (Lipinski definition) is 4. The summed E-state index contributed by atoms with van der Waals surface area (Å²) in [5.41, 5.74) is 2.53. The number of anilines is 1. The van der Waals surface area contributed by atoms with Crippen LogP contribution in [0.25, 0.3) is 0 Å². The van der Waals surface area contributed by atoms with Gasteiger partial charge in [-0.1, -0.05) is 25.1 Å². The maximum absolute atomic E-state index is 12.6. The van der Waals surface area contributed by atoms with Gasteiger partial charge in [0.05, 0.1) is 13.1 Å². The third-order valence-electron chi connectivity index (χ3n) is 4.97. The first-order valence-corrected chi connectivity index (χ1v) is 9.27. The molecule has 0 radical (unpaired) electrons. The van der Waals surface area contributed by atoms with Crippen LogP contribution in [0.15, 0.2) is 24.3 Å². The highest BCUT2D eigenvalue weighted by Crippen LogP contribution is 2.27. The number of rotatable bonds is 6. The molecule has 0 unspecified atom stereocenters. The first kappa shape index (κ1) is 17.7. The van der Waals surface area contributed by atoms with E-state index in [1.165, 1.54) is 11.3 Å². The lowest BCUT2D eigenvalue weighted by Crippen LogP contribution is -2.53. The van der Waals surface area contributed by atoms with Crippen molar-refractivity contribution in [1.29, 1.82) is 0 Å². The number of fused-ring (bicyclic) bond motifs is 1. The first-order valence-electron chi connectivity index (χ1n) is 9.27. The van der Waals surface area contributed by atoms with Crippen LogP contribution >= 0.6 is 0 Å². The summed E-state index contributed by atoms with van der Waals surface area (Å²) in [5.74, 6) is 0.266. The van der Waals surface area contributed by atoms with Crippen molar-refractivity contribution >= 4 is 17.5 Å². The van der Waals surface area contributed by atoms with E-state index in [1.807, 2.05) is 17.9 Å². The van der Waals surface area contributed by atoms with Crippen LogP contribution in [0.3, 0.4) is 0 Å². The lowest BCUT2D eigenvalue weighted by molar-refractivity contribution is -0.131. The molecule has 25 heavy (non-hydrogen) atoms. The summed E-state index contributed by atoms with van der Waals surface area (Å²) in [6.45, 7) is 7.52. The minimum Gasteiger partial charge on any atom is -0.362 e. The van der Waals surface area contributed by atoms with E-state index >= 15 is 0 Å². The number of carbonyl (C=O) groups is 2. The monoisotopic (exact) mass is 344 g/mol. The third-order valence-corrected chi connectivity index (χ3v) is 4.97. The normalized spacial score (nSPS) is 17.5. The Kier molecular flexibility index (Phi) is 5.91. The summed E-state index contributed by atoms with van der Waals surface area (Å²) in [6.07, 6.45) is 1.97. The Morgan fingerprint density at radius 1 is 1.04 bits per heavy atom. The van der Waals surface area contributed by atoms with Crippen molar-refractivity contribution in [2.75, 3.05) is 57.3 Å². The molecular weight excluding hydrogens is 316 g/mol. The fourth-order valence-electron chi connectivity index (χ4n) is 3.51. The SMILES string of the molecule is CCCNC(=O)CN1CCN(C(=O)CN2CCc3ccccc32)CC1. The molecule has 2 aliphatic rings. The number of nitrogens with zero attached hydrogens (tertiary/aromatic N) is 3. The second kappa shape index (κ2) is 8.34. The Bertz CT molecular complexity index is 611. The minimum atomic E-state index is 0.0790. The molecule has 0 spiro atoms. The van der Waals surface area contributed by atoms with E-state index in [9.17, 15) is 9.59 Å². The summed E-state index contributed by atoms with van der Waals surface area (Å²) in [4.78, 5) is 30.7. The Morgan fingerprint density at radius 2 is 1.80 bits per heavy atom. The van der Waals surface area contributed by atoms with Gasteiger partial charge in [-0.3, -0.25) is 14.5 Å². The Hall–Kier alpha value is -2.08. The van der Waals surface area contributed by atoms with Gasteiger partial charge in [-0.05, 0) is 24.5 Å². The third kappa shape index (κ3) is 4.51. The van der Waals surface area contributed by atoms with Gasteiger partial charge >= 0.3 is 0 Å². The molecule has 0 aliphatic carbocycles. The fraction of sp³-hybridized carbons (Fsp3) is 0.579. The van der Waals surface area contributed by atoms with Gasteiger partial charge in [0, 0.05) is 45.0 Å². The van der Waals surface area contributed by atoms with Gasteiger partial charge in [-0.25, -0.2) is 0 Å². The molecule has 1 aromatic rings. The number of hydrogen-bond donors (Lipinski definition) is 1. The number of piperazine rings is 1. The molecule has 2 heterocycles. The maximum Gasteiger partial charge on any atom is 0.242 e. The van der Waals surface area contributed by atoms with Crippen molar-refractivity contribution in [2.24, 2.45) is 0 Å². The molecule has 1 N–H and O–H groups in total. The van der Waals surface area contributed by atoms with E-state index in [0.29, 0.717) is 26.2 Å². The number of carbonyl (C=O) groups excluding carboxylic acids is 2. The predicted octanol–water partition coefficient (Wildman–Crippen LogP) is 0.720. The number of para-hydroxylation sites is 1. The van der Waals surface area contributed by atoms with E-state index in [-0.39, 0.29) is 11.8 Å². The van der Waals surface area contributed by atoms with E-state index in [0.717, 1.165) is 39.0 Å². The quantitative estimate of drug-likeness (QED) is 0.826. The van der Waals surface area contributed by atoms with Gasteiger partial charge < -0.3 is 15.1 Å². The largest absolute Gasteiger partial charge is 0.362 e. The lowest BCUT2D eigenvalue weighted by Gasteiger charge is -2.35. The number of amides is 2. The second-order valence-electron chi connectivity index (χ2n) is 6.81. The maximum atomic E-state index is 12.6. The fourth-order valence-corrected chi connectivity index (χ4v) is 3.51. The van der Waals surface area contributed by atoms with Crippen molar-refractivity contribution in [3.8, 4) is 0 Å². The van der Waals surface area contributed by atoms with E-state index in [1.54, 1.807) is 0 Å². The minimum absolute atomic E-state index is 0.0790. The van der Waals surface area contributed by atoms with E-state index < -0.39 is 0 Å². The Morgan fingerprint density at radius 3 is 2.56 bits per heavy atom. The number of nitrogens with one attached hydrogen (secondary N) is 1. The van der Waals surface area contributed by atoms with Crippen molar-refractivity contribution < 1.29 is 9.59 Å². The summed E-state index contributed by atoms with van der Waals surface area (Å²) in [5, 5.41) is 2.90. The van der Waals surface area contributed by atoms with Crippen LogP contribution in [0.4, 0.5) is 5.69 Å². The average molecular weight is 344 g/mol. The highest BCUT2D eigenvalue weighted by Gasteiger charge is 2.26. The molecule has 6 nitrogen and oxygen atoms in total. The second-order valence-corrected chi connectivity index (χ2v) is 6.81. The zero-order valence-electron chi connectivity index (χ0n) is 15.0. The highest BCUT2D eigenvalue weighted by atomic mass is 16.2. The van der Waals surface area contributed by atoms with Gasteiger partial charge in [0.2, 0.25) is 11.8 Å². The molecule has 1 aromatic carbocycles. The van der Waals surface area contributed by atoms with Gasteiger partial charge in [0.15, 0.2) is 0 Å². The molecule has 1 fully saturated rings. The van der Waals surface area contributed by atoms with Crippen LogP contribution in [-0.2, 0) is 16.0 Å². The molecule has 2 aliphatic heterocycles. The van der Waals surface area contributed by atoms with Gasteiger partial charge in [-0.15, -0.1) is 0 Å². The predicted molar refractivity (Wildman–Crippen MR) is 98.7 cm³/mol. The first-order chi connectivity index (χ1) is 12.2. The Labute approximate surface area is 149 Å². The molecule has 0 bridgehead atoms. The van der Waals surface area contributed by atoms with Crippen LogP contribution < -0.4 is 10.2 Å². The van der Waals surface area contributed by atoms with Crippen molar-refractivity contribution in [1.82, 2.24) is 15.1 Å². The average Bonchev–Trinajstić information content (AvgIpc) is 3.03. The van der Waals surface area contributed by atoms with Crippen molar-refractivity contribution in [3.05, 3.63) is 29.8 Å². The van der Waals surface area contributed by atoms with Gasteiger partial charge in [0.1, 0.15) is 0 Å². The van der Waals surface area contributed by atoms with Crippen LogP contribution in [-0.4, -0.2) is 74.0 Å². The Balaban J connectivity index is 1.44. The molecule has 0 aromatic heterocycles.